The van der Waals surface area contributed by atoms with E-state index >= 15 is 0 Å². The van der Waals surface area contributed by atoms with Crippen LogP contribution in [0.1, 0.15) is 36.7 Å². The summed E-state index contributed by atoms with van der Waals surface area (Å²) >= 11 is 1.62. The second-order valence-corrected chi connectivity index (χ2v) is 6.83. The molecular weight excluding hydrogens is 278 g/mol. The summed E-state index contributed by atoms with van der Waals surface area (Å²) in [6, 6.07) is 15.6. The largest absolute Gasteiger partial charge is 0.321 e. The first-order valence-corrected chi connectivity index (χ1v) is 8.19. The number of amides is 1. The van der Waals surface area contributed by atoms with Gasteiger partial charge in [-0.15, -0.1) is 11.8 Å². The van der Waals surface area contributed by atoms with Crippen molar-refractivity contribution in [3.8, 4) is 0 Å². The van der Waals surface area contributed by atoms with Crippen molar-refractivity contribution >= 4 is 23.4 Å². The summed E-state index contributed by atoms with van der Waals surface area (Å²) in [6.45, 7) is 6.49. The van der Waals surface area contributed by atoms with Gasteiger partial charge < -0.3 is 5.32 Å². The summed E-state index contributed by atoms with van der Waals surface area (Å²) in [5, 5.41) is 2.98. The molecule has 0 unspecified atom stereocenters. The number of hydrogen-bond acceptors (Lipinski definition) is 2. The van der Waals surface area contributed by atoms with E-state index in [1.165, 1.54) is 5.56 Å². The zero-order chi connectivity index (χ0) is 15.5. The van der Waals surface area contributed by atoms with E-state index in [-0.39, 0.29) is 11.3 Å². The van der Waals surface area contributed by atoms with Crippen LogP contribution in [0.5, 0.6) is 0 Å². The highest BCUT2D eigenvalue weighted by molar-refractivity contribution is 7.98. The molecule has 0 aliphatic heterocycles. The molecule has 2 aromatic rings. The molecule has 0 heterocycles. The number of nitrogens with one attached hydrogen (secondary N) is 1. The van der Waals surface area contributed by atoms with E-state index in [1.807, 2.05) is 54.8 Å². The summed E-state index contributed by atoms with van der Waals surface area (Å²) in [5.74, 6) is -0.0723. The van der Waals surface area contributed by atoms with Crippen molar-refractivity contribution in [2.45, 2.75) is 31.1 Å². The Bertz CT molecular complexity index is 626. The molecule has 0 bridgehead atoms. The minimum absolute atomic E-state index is 0.0723. The van der Waals surface area contributed by atoms with Crippen molar-refractivity contribution in [3.63, 3.8) is 0 Å². The molecule has 0 radical (unpaired) electrons. The lowest BCUT2D eigenvalue weighted by molar-refractivity contribution is 0.102. The first kappa shape index (κ1) is 15.6. The predicted molar refractivity (Wildman–Crippen MR) is 91.3 cm³/mol. The van der Waals surface area contributed by atoms with Gasteiger partial charge in [0.1, 0.15) is 0 Å². The SMILES string of the molecule is CSc1ccccc1NC(=O)c1ccc(C(C)(C)C)cc1. The summed E-state index contributed by atoms with van der Waals surface area (Å²) in [6.07, 6.45) is 2.00. The van der Waals surface area contributed by atoms with Gasteiger partial charge in [0, 0.05) is 10.5 Å². The third kappa shape index (κ3) is 3.88. The second-order valence-electron chi connectivity index (χ2n) is 5.98. The molecule has 0 aromatic heterocycles. The maximum atomic E-state index is 12.3. The van der Waals surface area contributed by atoms with Crippen LogP contribution in [0.4, 0.5) is 5.69 Å². The van der Waals surface area contributed by atoms with Crippen LogP contribution in [0, 0.1) is 0 Å². The zero-order valence-electron chi connectivity index (χ0n) is 12.9. The number of para-hydroxylation sites is 1. The van der Waals surface area contributed by atoms with E-state index < -0.39 is 0 Å². The van der Waals surface area contributed by atoms with E-state index in [0.29, 0.717) is 5.56 Å². The Labute approximate surface area is 131 Å². The topological polar surface area (TPSA) is 29.1 Å². The van der Waals surface area contributed by atoms with Crippen molar-refractivity contribution in [1.82, 2.24) is 0 Å². The number of thioether (sulfide) groups is 1. The molecule has 2 rings (SSSR count). The summed E-state index contributed by atoms with van der Waals surface area (Å²) < 4.78 is 0. The van der Waals surface area contributed by atoms with E-state index in [9.17, 15) is 4.79 Å². The molecule has 0 aliphatic carbocycles. The average Bonchev–Trinajstić information content (AvgIpc) is 2.47. The number of anilines is 1. The minimum Gasteiger partial charge on any atom is -0.321 e. The minimum atomic E-state index is -0.0723. The van der Waals surface area contributed by atoms with Crippen LogP contribution in [-0.4, -0.2) is 12.2 Å². The van der Waals surface area contributed by atoms with Crippen LogP contribution < -0.4 is 5.32 Å². The first-order chi connectivity index (χ1) is 9.91. The van der Waals surface area contributed by atoms with Gasteiger partial charge in [0.05, 0.1) is 5.69 Å². The number of benzene rings is 2. The lowest BCUT2D eigenvalue weighted by Crippen LogP contribution is -2.14. The van der Waals surface area contributed by atoms with Gasteiger partial charge in [-0.1, -0.05) is 45.0 Å². The van der Waals surface area contributed by atoms with Crippen LogP contribution >= 0.6 is 11.8 Å². The van der Waals surface area contributed by atoms with Crippen molar-refractivity contribution in [2.75, 3.05) is 11.6 Å². The summed E-state index contributed by atoms with van der Waals surface area (Å²) in [7, 11) is 0. The standard InChI is InChI=1S/C18H21NOS/c1-18(2,3)14-11-9-13(10-12-14)17(20)19-15-7-5-6-8-16(15)21-4/h5-12H,1-4H3,(H,19,20). The fourth-order valence-corrected chi connectivity index (χ4v) is 2.62. The Hall–Kier alpha value is -1.74. The van der Waals surface area contributed by atoms with Gasteiger partial charge in [-0.25, -0.2) is 0 Å². The van der Waals surface area contributed by atoms with E-state index in [1.54, 1.807) is 11.8 Å². The average molecular weight is 299 g/mol. The predicted octanol–water partition coefficient (Wildman–Crippen LogP) is 4.96. The van der Waals surface area contributed by atoms with Gasteiger partial charge in [-0.2, -0.15) is 0 Å². The van der Waals surface area contributed by atoms with Gasteiger partial charge in [0.25, 0.3) is 5.91 Å². The number of hydrogen-bond donors (Lipinski definition) is 1. The van der Waals surface area contributed by atoms with Crippen molar-refractivity contribution in [1.29, 1.82) is 0 Å². The maximum absolute atomic E-state index is 12.3. The smallest absolute Gasteiger partial charge is 0.255 e. The van der Waals surface area contributed by atoms with Crippen molar-refractivity contribution < 1.29 is 4.79 Å². The molecule has 0 aliphatic rings. The van der Waals surface area contributed by atoms with E-state index in [4.69, 9.17) is 0 Å². The van der Waals surface area contributed by atoms with Crippen LogP contribution in [-0.2, 0) is 5.41 Å². The van der Waals surface area contributed by atoms with Crippen LogP contribution in [0.2, 0.25) is 0 Å². The molecular formula is C18H21NOS. The molecule has 2 aromatic carbocycles. The quantitative estimate of drug-likeness (QED) is 0.812. The Morgan fingerprint density at radius 2 is 1.62 bits per heavy atom. The van der Waals surface area contributed by atoms with E-state index in [2.05, 4.69) is 26.1 Å². The number of carbonyl (C=O) groups is 1. The molecule has 21 heavy (non-hydrogen) atoms. The van der Waals surface area contributed by atoms with Crippen molar-refractivity contribution in [2.24, 2.45) is 0 Å². The Balaban J connectivity index is 2.17. The molecule has 0 saturated carbocycles. The van der Waals surface area contributed by atoms with E-state index in [0.717, 1.165) is 10.6 Å². The Kier molecular flexibility index (Phi) is 4.73. The van der Waals surface area contributed by atoms with Crippen LogP contribution in [0.3, 0.4) is 0 Å². The number of carbonyl (C=O) groups excluding carboxylic acids is 1. The Morgan fingerprint density at radius 3 is 2.19 bits per heavy atom. The highest BCUT2D eigenvalue weighted by Crippen LogP contribution is 2.26. The molecule has 2 nitrogen and oxygen atoms in total. The summed E-state index contributed by atoms with van der Waals surface area (Å²) in [4.78, 5) is 13.4. The third-order valence-corrected chi connectivity index (χ3v) is 4.16. The molecule has 0 saturated heterocycles. The van der Waals surface area contributed by atoms with Gasteiger partial charge in [0.2, 0.25) is 0 Å². The fourth-order valence-electron chi connectivity index (χ4n) is 2.06. The highest BCUT2D eigenvalue weighted by atomic mass is 32.2. The normalized spacial score (nSPS) is 11.2. The molecule has 0 fully saturated rings. The zero-order valence-corrected chi connectivity index (χ0v) is 13.8. The Morgan fingerprint density at radius 1 is 1.00 bits per heavy atom. The van der Waals surface area contributed by atoms with Crippen LogP contribution in [0.15, 0.2) is 53.4 Å². The lowest BCUT2D eigenvalue weighted by atomic mass is 9.87. The monoisotopic (exact) mass is 299 g/mol. The molecule has 0 spiro atoms. The van der Waals surface area contributed by atoms with Crippen molar-refractivity contribution in [3.05, 3.63) is 59.7 Å². The molecule has 110 valence electrons. The van der Waals surface area contributed by atoms with Gasteiger partial charge >= 0.3 is 0 Å². The molecule has 1 amide bonds. The molecule has 1 N–H and O–H groups in total. The third-order valence-electron chi connectivity index (χ3n) is 3.37. The van der Waals surface area contributed by atoms with Gasteiger partial charge in [-0.3, -0.25) is 4.79 Å². The maximum Gasteiger partial charge on any atom is 0.255 e. The number of rotatable bonds is 3. The lowest BCUT2D eigenvalue weighted by Gasteiger charge is -2.19. The summed E-state index contributed by atoms with van der Waals surface area (Å²) in [5.41, 5.74) is 2.86. The van der Waals surface area contributed by atoms with Crippen LogP contribution in [0.25, 0.3) is 0 Å². The fraction of sp³-hybridized carbons (Fsp3) is 0.278. The second kappa shape index (κ2) is 6.35. The van der Waals surface area contributed by atoms with Gasteiger partial charge in [-0.05, 0) is 41.5 Å². The first-order valence-electron chi connectivity index (χ1n) is 6.97. The molecule has 3 heteroatoms. The highest BCUT2D eigenvalue weighted by Gasteiger charge is 2.14. The van der Waals surface area contributed by atoms with Gasteiger partial charge in [0.15, 0.2) is 0 Å². The molecule has 0 atom stereocenters.